The summed E-state index contributed by atoms with van der Waals surface area (Å²) < 4.78 is 0. The molecule has 0 radical (unpaired) electrons. The molecule has 54 valence electrons. The fourth-order valence-corrected chi connectivity index (χ4v) is 0. The van der Waals surface area contributed by atoms with E-state index in [1.807, 2.05) is 0 Å². The van der Waals surface area contributed by atoms with Crippen LogP contribution in [0.1, 0.15) is 0 Å². The summed E-state index contributed by atoms with van der Waals surface area (Å²) in [5, 5.41) is 0. The molecule has 0 fully saturated rings. The van der Waals surface area contributed by atoms with Crippen molar-refractivity contribution in [3.05, 3.63) is 0 Å². The second kappa shape index (κ2) is 23.2. The third kappa shape index (κ3) is 50.8. The van der Waals surface area contributed by atoms with Crippen molar-refractivity contribution < 1.29 is 42.0 Å². The molecule has 0 saturated heterocycles. The van der Waals surface area contributed by atoms with Gasteiger partial charge in [0.1, 0.15) is 0 Å². The molecule has 0 unspecified atom stereocenters. The average molecular weight is 206 g/mol. The molecule has 1 amide bonds. The maximum absolute atomic E-state index is 9.43. The maximum atomic E-state index is 9.43. The molecule has 9 heavy (non-hydrogen) atoms. The van der Waals surface area contributed by atoms with Gasteiger partial charge in [0.05, 0.1) is 0 Å². The quantitative estimate of drug-likeness (QED) is 0.308. The van der Waals surface area contributed by atoms with Gasteiger partial charge in [0.2, 0.25) is 6.41 Å². The maximum Gasteiger partial charge on any atom is 3.00 e. The summed E-state index contributed by atoms with van der Waals surface area (Å²) in [6.07, 6.45) is 0.750. The molecule has 0 heterocycles. The van der Waals surface area contributed by atoms with Gasteiger partial charge in [-0.1, -0.05) is 0 Å². The molecular weight excluding hydrogens is 199 g/mol. The summed E-state index contributed by atoms with van der Waals surface area (Å²) in [5.74, 6) is 0. The van der Waals surface area contributed by atoms with Gasteiger partial charge in [-0.2, -0.15) is 0 Å². The van der Waals surface area contributed by atoms with Gasteiger partial charge in [0, 0.05) is 14.1 Å². The molecule has 6 heteroatoms. The van der Waals surface area contributed by atoms with Crippen molar-refractivity contribution in [1.29, 1.82) is 0 Å². The Balaban J connectivity index is -0.0000000133. The Bertz CT molecular complexity index is 46.0. The molecule has 2 nitrogen and oxygen atoms in total. The molecule has 0 spiro atoms. The van der Waals surface area contributed by atoms with E-state index in [4.69, 9.17) is 0 Å². The molecule has 0 atom stereocenters. The Labute approximate surface area is 84.7 Å². The standard InChI is InChI=1S/C3H7NO.Al.3ClH/c1-4(2)3-5;;;;/h3H,1-2H3;;3*1H/q;+3;;;/p-3. The molecule has 0 saturated carbocycles. The van der Waals surface area contributed by atoms with Crippen LogP contribution in [-0.4, -0.2) is 42.8 Å². The van der Waals surface area contributed by atoms with Crippen LogP contribution in [-0.2, 0) is 4.79 Å². The predicted octanol–water partition coefficient (Wildman–Crippen LogP) is -9.66. The second-order valence-electron chi connectivity index (χ2n) is 1.07. The van der Waals surface area contributed by atoms with Gasteiger partial charge in [-0.05, 0) is 0 Å². The van der Waals surface area contributed by atoms with Crippen molar-refractivity contribution in [3.8, 4) is 0 Å². The first kappa shape index (κ1) is 32.7. The number of amides is 1. The Kier molecular flexibility index (Phi) is 84.2. The Morgan fingerprint density at radius 2 is 1.22 bits per heavy atom. The summed E-state index contributed by atoms with van der Waals surface area (Å²) in [4.78, 5) is 10.9. The van der Waals surface area contributed by atoms with Crippen LogP contribution in [0.4, 0.5) is 0 Å². The van der Waals surface area contributed by atoms with E-state index in [1.165, 1.54) is 4.90 Å². The number of hydrogen-bond acceptors (Lipinski definition) is 1. The van der Waals surface area contributed by atoms with Crippen LogP contribution in [0, 0.1) is 0 Å². The van der Waals surface area contributed by atoms with Gasteiger partial charge >= 0.3 is 17.4 Å². The smallest absolute Gasteiger partial charge is 1.00 e. The molecule has 0 N–H and O–H groups in total. The number of nitrogens with zero attached hydrogens (tertiary/aromatic N) is 1. The largest absolute Gasteiger partial charge is 3.00 e. The van der Waals surface area contributed by atoms with E-state index in [0.717, 1.165) is 6.41 Å². The van der Waals surface area contributed by atoms with Gasteiger partial charge in [-0.15, -0.1) is 0 Å². The van der Waals surface area contributed by atoms with Crippen LogP contribution in [0.25, 0.3) is 0 Å². The summed E-state index contributed by atoms with van der Waals surface area (Å²) in [6.45, 7) is 0. The topological polar surface area (TPSA) is 20.3 Å². The minimum absolute atomic E-state index is 0. The van der Waals surface area contributed by atoms with Gasteiger partial charge in [0.15, 0.2) is 0 Å². The first-order chi connectivity index (χ1) is 2.27. The molecule has 0 aromatic rings. The summed E-state index contributed by atoms with van der Waals surface area (Å²) in [7, 11) is 3.38. The van der Waals surface area contributed by atoms with E-state index >= 15 is 0 Å². The summed E-state index contributed by atoms with van der Waals surface area (Å²) >= 11 is 0. The third-order valence-electron chi connectivity index (χ3n) is 0.211. The Morgan fingerprint density at radius 1 is 1.11 bits per heavy atom. The minimum atomic E-state index is 0. The first-order valence-electron chi connectivity index (χ1n) is 1.39. The molecular formula is C3H7AlCl3NO. The zero-order chi connectivity index (χ0) is 4.28. The van der Waals surface area contributed by atoms with Gasteiger partial charge in [-0.3, -0.25) is 4.79 Å². The first-order valence-corrected chi connectivity index (χ1v) is 1.39. The molecule has 0 aliphatic heterocycles. The zero-order valence-corrected chi connectivity index (χ0v) is 8.57. The van der Waals surface area contributed by atoms with Crippen molar-refractivity contribution in [2.45, 2.75) is 0 Å². The van der Waals surface area contributed by atoms with Crippen molar-refractivity contribution in [1.82, 2.24) is 4.90 Å². The zero-order valence-electron chi connectivity index (χ0n) is 5.14. The van der Waals surface area contributed by atoms with Crippen molar-refractivity contribution in [2.24, 2.45) is 0 Å². The van der Waals surface area contributed by atoms with Crippen LogP contribution >= 0.6 is 0 Å². The number of rotatable bonds is 1. The molecule has 0 aliphatic rings. The summed E-state index contributed by atoms with van der Waals surface area (Å²) in [5.41, 5.74) is 0. The van der Waals surface area contributed by atoms with Gasteiger partial charge in [0.25, 0.3) is 0 Å². The van der Waals surface area contributed by atoms with Crippen LogP contribution in [0.2, 0.25) is 0 Å². The second-order valence-corrected chi connectivity index (χ2v) is 1.07. The fourth-order valence-electron chi connectivity index (χ4n) is 0. The summed E-state index contributed by atoms with van der Waals surface area (Å²) in [6, 6.07) is 0. The van der Waals surface area contributed by atoms with Crippen molar-refractivity contribution >= 4 is 23.8 Å². The van der Waals surface area contributed by atoms with E-state index in [9.17, 15) is 4.79 Å². The van der Waals surface area contributed by atoms with E-state index in [0.29, 0.717) is 0 Å². The van der Waals surface area contributed by atoms with Crippen LogP contribution < -0.4 is 37.2 Å². The predicted molar refractivity (Wildman–Crippen MR) is 25.5 cm³/mol. The van der Waals surface area contributed by atoms with Crippen molar-refractivity contribution in [2.75, 3.05) is 14.1 Å². The van der Waals surface area contributed by atoms with E-state index in [1.54, 1.807) is 14.1 Å². The number of halogens is 3. The molecule has 0 aliphatic carbocycles. The molecule has 0 bridgehead atoms. The van der Waals surface area contributed by atoms with Crippen LogP contribution in [0.5, 0.6) is 0 Å². The van der Waals surface area contributed by atoms with Crippen molar-refractivity contribution in [3.63, 3.8) is 0 Å². The number of hydrogen-bond donors (Lipinski definition) is 0. The Hall–Kier alpha value is 0.872. The molecule has 0 rings (SSSR count). The fraction of sp³-hybridized carbons (Fsp3) is 0.667. The number of carbonyl (C=O) groups is 1. The Morgan fingerprint density at radius 3 is 1.22 bits per heavy atom. The van der Waals surface area contributed by atoms with E-state index < -0.39 is 0 Å². The monoisotopic (exact) mass is 205 g/mol. The third-order valence-corrected chi connectivity index (χ3v) is 0.211. The van der Waals surface area contributed by atoms with Gasteiger partial charge in [-0.25, -0.2) is 0 Å². The van der Waals surface area contributed by atoms with Gasteiger partial charge < -0.3 is 42.1 Å². The van der Waals surface area contributed by atoms with E-state index in [2.05, 4.69) is 0 Å². The normalized spacial score (nSPS) is 3.78. The van der Waals surface area contributed by atoms with Crippen LogP contribution in [0.15, 0.2) is 0 Å². The SMILES string of the molecule is CN(C)C=O.[Al+3].[Cl-].[Cl-].[Cl-]. The van der Waals surface area contributed by atoms with E-state index in [-0.39, 0.29) is 54.6 Å². The number of carbonyl (C=O) groups excluding carboxylic acids is 1. The minimum Gasteiger partial charge on any atom is -1.00 e. The average Bonchev–Trinajstić information content (AvgIpc) is 1.38. The molecule has 0 aromatic heterocycles. The van der Waals surface area contributed by atoms with Crippen LogP contribution in [0.3, 0.4) is 0 Å². The molecule has 0 aromatic carbocycles.